The first-order chi connectivity index (χ1) is 5.49. The van der Waals surface area contributed by atoms with E-state index in [0.717, 1.165) is 0 Å². The zero-order valence-electron chi connectivity index (χ0n) is 8.39. The van der Waals surface area contributed by atoms with Crippen LogP contribution < -0.4 is 0 Å². The van der Waals surface area contributed by atoms with Crippen molar-refractivity contribution < 1.29 is 9.59 Å². The largest absolute Gasteiger partial charge is 0.300 e. The maximum atomic E-state index is 11.1. The molecule has 1 atom stereocenters. The maximum absolute atomic E-state index is 11.1. The van der Waals surface area contributed by atoms with Gasteiger partial charge in [-0.3, -0.25) is 9.59 Å². The van der Waals surface area contributed by atoms with Gasteiger partial charge in [0.25, 0.3) is 0 Å². The first kappa shape index (κ1) is 11.3. The third-order valence-corrected chi connectivity index (χ3v) is 2.17. The van der Waals surface area contributed by atoms with Crippen molar-refractivity contribution in [1.82, 2.24) is 0 Å². The smallest absolute Gasteiger partial charge is 0.133 e. The summed E-state index contributed by atoms with van der Waals surface area (Å²) in [5.74, 6) is 0.520. The van der Waals surface area contributed by atoms with Crippen molar-refractivity contribution in [2.45, 2.75) is 40.5 Å². The van der Waals surface area contributed by atoms with Gasteiger partial charge in [-0.15, -0.1) is 0 Å². The number of ketones is 2. The lowest BCUT2D eigenvalue weighted by molar-refractivity contribution is -0.127. The SMILES string of the molecule is CCC(=O)C[C@H](C(C)=O)C(C)C. The normalized spacial score (nSPS) is 13.1. The molecule has 0 heterocycles. The molecule has 0 aromatic heterocycles. The molecular formula is C10H18O2. The Morgan fingerprint density at radius 2 is 1.75 bits per heavy atom. The Kier molecular flexibility index (Phi) is 4.79. The molecule has 2 nitrogen and oxygen atoms in total. The van der Waals surface area contributed by atoms with Gasteiger partial charge < -0.3 is 0 Å². The van der Waals surface area contributed by atoms with Gasteiger partial charge in [-0.05, 0) is 12.8 Å². The predicted molar refractivity (Wildman–Crippen MR) is 48.9 cm³/mol. The highest BCUT2D eigenvalue weighted by Gasteiger charge is 2.20. The zero-order valence-corrected chi connectivity index (χ0v) is 8.39. The van der Waals surface area contributed by atoms with E-state index in [4.69, 9.17) is 0 Å². The van der Waals surface area contributed by atoms with Gasteiger partial charge in [-0.25, -0.2) is 0 Å². The molecule has 0 aromatic carbocycles. The minimum atomic E-state index is -0.0718. The van der Waals surface area contributed by atoms with Crippen LogP contribution in [-0.2, 0) is 9.59 Å². The lowest BCUT2D eigenvalue weighted by Crippen LogP contribution is -2.20. The van der Waals surface area contributed by atoms with E-state index in [1.807, 2.05) is 20.8 Å². The third kappa shape index (κ3) is 3.65. The van der Waals surface area contributed by atoms with Crippen LogP contribution in [0.2, 0.25) is 0 Å². The first-order valence-electron chi connectivity index (χ1n) is 4.51. The van der Waals surface area contributed by atoms with Crippen LogP contribution in [0.1, 0.15) is 40.5 Å². The zero-order chi connectivity index (χ0) is 9.72. The lowest BCUT2D eigenvalue weighted by Gasteiger charge is -2.15. The molecule has 0 amide bonds. The van der Waals surface area contributed by atoms with Crippen LogP contribution in [0.5, 0.6) is 0 Å². The molecule has 2 heteroatoms. The van der Waals surface area contributed by atoms with E-state index in [9.17, 15) is 9.59 Å². The standard InChI is InChI=1S/C10H18O2/c1-5-9(12)6-10(7(2)3)8(4)11/h7,10H,5-6H2,1-4H3/t10-/m0/s1. The van der Waals surface area contributed by atoms with E-state index >= 15 is 0 Å². The molecule has 0 fully saturated rings. The van der Waals surface area contributed by atoms with Crippen LogP contribution in [0, 0.1) is 11.8 Å². The average Bonchev–Trinajstić information content (AvgIpc) is 1.98. The van der Waals surface area contributed by atoms with Gasteiger partial charge in [0.05, 0.1) is 0 Å². The molecule has 12 heavy (non-hydrogen) atoms. The topological polar surface area (TPSA) is 34.1 Å². The van der Waals surface area contributed by atoms with E-state index in [-0.39, 0.29) is 23.4 Å². The van der Waals surface area contributed by atoms with E-state index in [1.54, 1.807) is 6.92 Å². The summed E-state index contributed by atoms with van der Waals surface area (Å²) in [5.41, 5.74) is 0. The van der Waals surface area contributed by atoms with Crippen molar-refractivity contribution in [2.24, 2.45) is 11.8 Å². The van der Waals surface area contributed by atoms with Crippen molar-refractivity contribution in [2.75, 3.05) is 0 Å². The molecule has 0 N–H and O–H groups in total. The lowest BCUT2D eigenvalue weighted by atomic mass is 9.87. The summed E-state index contributed by atoms with van der Waals surface area (Å²) in [4.78, 5) is 22.2. The van der Waals surface area contributed by atoms with Crippen molar-refractivity contribution in [3.63, 3.8) is 0 Å². The van der Waals surface area contributed by atoms with Crippen LogP contribution in [-0.4, -0.2) is 11.6 Å². The number of carbonyl (C=O) groups excluding carboxylic acids is 2. The van der Waals surface area contributed by atoms with Gasteiger partial charge in [0.2, 0.25) is 0 Å². The Balaban J connectivity index is 4.14. The molecule has 0 saturated carbocycles. The second kappa shape index (κ2) is 5.07. The van der Waals surface area contributed by atoms with E-state index in [0.29, 0.717) is 12.8 Å². The second-order valence-corrected chi connectivity index (χ2v) is 3.56. The number of carbonyl (C=O) groups is 2. The van der Waals surface area contributed by atoms with Crippen molar-refractivity contribution in [3.05, 3.63) is 0 Å². The van der Waals surface area contributed by atoms with Crippen molar-refractivity contribution in [3.8, 4) is 0 Å². The fraction of sp³-hybridized carbons (Fsp3) is 0.800. The minimum absolute atomic E-state index is 0.0718. The van der Waals surface area contributed by atoms with E-state index < -0.39 is 0 Å². The summed E-state index contributed by atoms with van der Waals surface area (Å²) in [6, 6.07) is 0. The summed E-state index contributed by atoms with van der Waals surface area (Å²) < 4.78 is 0. The molecule has 0 aromatic rings. The van der Waals surface area contributed by atoms with E-state index in [2.05, 4.69) is 0 Å². The maximum Gasteiger partial charge on any atom is 0.133 e. The van der Waals surface area contributed by atoms with Crippen LogP contribution in [0.25, 0.3) is 0 Å². The summed E-state index contributed by atoms with van der Waals surface area (Å²) in [6.45, 7) is 7.36. The molecule has 0 bridgehead atoms. The Labute approximate surface area is 74.3 Å². The number of hydrogen-bond acceptors (Lipinski definition) is 2. The minimum Gasteiger partial charge on any atom is -0.300 e. The van der Waals surface area contributed by atoms with Crippen molar-refractivity contribution >= 4 is 11.6 Å². The highest BCUT2D eigenvalue weighted by molar-refractivity contribution is 5.86. The van der Waals surface area contributed by atoms with Gasteiger partial charge >= 0.3 is 0 Å². The second-order valence-electron chi connectivity index (χ2n) is 3.56. The molecule has 0 radical (unpaired) electrons. The Morgan fingerprint density at radius 1 is 1.25 bits per heavy atom. The Bertz CT molecular complexity index is 171. The Morgan fingerprint density at radius 3 is 2.00 bits per heavy atom. The molecule has 0 saturated heterocycles. The van der Waals surface area contributed by atoms with Crippen LogP contribution >= 0.6 is 0 Å². The van der Waals surface area contributed by atoms with Crippen LogP contribution in [0.3, 0.4) is 0 Å². The monoisotopic (exact) mass is 170 g/mol. The number of hydrogen-bond donors (Lipinski definition) is 0. The third-order valence-electron chi connectivity index (χ3n) is 2.17. The van der Waals surface area contributed by atoms with Gasteiger partial charge in [0.15, 0.2) is 0 Å². The fourth-order valence-corrected chi connectivity index (χ4v) is 1.24. The Hall–Kier alpha value is -0.660. The highest BCUT2D eigenvalue weighted by Crippen LogP contribution is 2.17. The highest BCUT2D eigenvalue weighted by atomic mass is 16.1. The molecule has 0 unspecified atom stereocenters. The van der Waals surface area contributed by atoms with Gasteiger partial charge in [0.1, 0.15) is 11.6 Å². The molecule has 0 aliphatic heterocycles. The molecule has 0 aliphatic carbocycles. The quantitative estimate of drug-likeness (QED) is 0.634. The molecular weight excluding hydrogens is 152 g/mol. The molecule has 0 aliphatic rings. The average molecular weight is 170 g/mol. The molecule has 70 valence electrons. The van der Waals surface area contributed by atoms with Gasteiger partial charge in [0, 0.05) is 18.8 Å². The van der Waals surface area contributed by atoms with Gasteiger partial charge in [-0.1, -0.05) is 20.8 Å². The first-order valence-corrected chi connectivity index (χ1v) is 4.51. The van der Waals surface area contributed by atoms with Crippen LogP contribution in [0.15, 0.2) is 0 Å². The number of rotatable bonds is 5. The summed E-state index contributed by atoms with van der Waals surface area (Å²) in [6.07, 6.45) is 0.958. The summed E-state index contributed by atoms with van der Waals surface area (Å²) >= 11 is 0. The summed E-state index contributed by atoms with van der Waals surface area (Å²) in [7, 11) is 0. The number of Topliss-reactive ketones (excluding diaryl/α,β-unsaturated/α-hetero) is 2. The van der Waals surface area contributed by atoms with Gasteiger partial charge in [-0.2, -0.15) is 0 Å². The summed E-state index contributed by atoms with van der Waals surface area (Å²) in [5, 5.41) is 0. The van der Waals surface area contributed by atoms with E-state index in [1.165, 1.54) is 0 Å². The fourth-order valence-electron chi connectivity index (χ4n) is 1.24. The predicted octanol–water partition coefficient (Wildman–Crippen LogP) is 2.22. The molecule has 0 spiro atoms. The molecule has 0 rings (SSSR count). The van der Waals surface area contributed by atoms with Crippen LogP contribution in [0.4, 0.5) is 0 Å². The van der Waals surface area contributed by atoms with Crippen molar-refractivity contribution in [1.29, 1.82) is 0 Å².